The molecule has 3 aromatic rings. The molecule has 0 aliphatic heterocycles. The van der Waals surface area contributed by atoms with Crippen LogP contribution in [-0.4, -0.2) is 9.55 Å². The van der Waals surface area contributed by atoms with E-state index in [1.54, 1.807) is 18.2 Å². The number of aryl methyl sites for hydroxylation is 1. The molecule has 1 heterocycles. The average Bonchev–Trinajstić information content (AvgIpc) is 2.78. The van der Waals surface area contributed by atoms with Crippen molar-refractivity contribution in [3.63, 3.8) is 0 Å². The lowest BCUT2D eigenvalue weighted by Gasteiger charge is -2.10. The van der Waals surface area contributed by atoms with Crippen LogP contribution in [0.1, 0.15) is 13.3 Å². The number of hydrogen-bond acceptors (Lipinski definition) is 2. The summed E-state index contributed by atoms with van der Waals surface area (Å²) in [5.74, 6) is -0.330. The van der Waals surface area contributed by atoms with Crippen molar-refractivity contribution in [1.29, 1.82) is 0 Å². The van der Waals surface area contributed by atoms with E-state index in [1.165, 1.54) is 18.2 Å². The van der Waals surface area contributed by atoms with Crippen LogP contribution in [0.4, 0.5) is 14.5 Å². The molecule has 0 fully saturated rings. The van der Waals surface area contributed by atoms with Gasteiger partial charge in [0.05, 0.1) is 16.6 Å². The minimum absolute atomic E-state index is 0.266. The number of rotatable bonds is 3. The Morgan fingerprint density at radius 3 is 2.71 bits per heavy atom. The molecular formula is C16H15F2N3. The Kier molecular flexibility index (Phi) is 3.33. The number of fused-ring (bicyclic) bond motifs is 1. The fourth-order valence-corrected chi connectivity index (χ4v) is 2.51. The predicted molar refractivity (Wildman–Crippen MR) is 79.8 cm³/mol. The summed E-state index contributed by atoms with van der Waals surface area (Å²) in [5, 5.41) is 0. The van der Waals surface area contributed by atoms with E-state index in [4.69, 9.17) is 5.73 Å². The highest BCUT2D eigenvalue weighted by atomic mass is 19.1. The predicted octanol–water partition coefficient (Wildman–Crippen LogP) is 3.97. The first-order chi connectivity index (χ1) is 10.1. The molecule has 0 amide bonds. The summed E-state index contributed by atoms with van der Waals surface area (Å²) in [7, 11) is 0. The maximum absolute atomic E-state index is 14.2. The summed E-state index contributed by atoms with van der Waals surface area (Å²) < 4.78 is 29.5. The number of nitrogens with zero attached hydrogens (tertiary/aromatic N) is 2. The molecule has 0 aliphatic rings. The fraction of sp³-hybridized carbons (Fsp3) is 0.188. The van der Waals surface area contributed by atoms with Gasteiger partial charge < -0.3 is 10.3 Å². The van der Waals surface area contributed by atoms with Gasteiger partial charge in [0.15, 0.2) is 0 Å². The molecule has 0 saturated heterocycles. The van der Waals surface area contributed by atoms with Gasteiger partial charge in [0, 0.05) is 12.2 Å². The zero-order valence-corrected chi connectivity index (χ0v) is 11.6. The van der Waals surface area contributed by atoms with Crippen molar-refractivity contribution in [3.05, 3.63) is 48.0 Å². The number of nitrogen functional groups attached to an aromatic ring is 1. The molecule has 2 N–H and O–H groups in total. The second kappa shape index (κ2) is 5.16. The fourth-order valence-electron chi connectivity index (χ4n) is 2.51. The van der Waals surface area contributed by atoms with E-state index in [0.29, 0.717) is 29.1 Å². The van der Waals surface area contributed by atoms with Gasteiger partial charge in [-0.2, -0.15) is 0 Å². The van der Waals surface area contributed by atoms with Crippen LogP contribution in [0, 0.1) is 11.6 Å². The minimum atomic E-state index is -0.428. The molecule has 3 rings (SSSR count). The normalized spacial score (nSPS) is 11.2. The average molecular weight is 287 g/mol. The quantitative estimate of drug-likeness (QED) is 0.741. The Labute approximate surface area is 121 Å². The molecule has 0 radical (unpaired) electrons. The second-order valence-corrected chi connectivity index (χ2v) is 4.92. The molecule has 3 nitrogen and oxygen atoms in total. The van der Waals surface area contributed by atoms with E-state index in [0.717, 1.165) is 6.42 Å². The van der Waals surface area contributed by atoms with Crippen LogP contribution < -0.4 is 5.73 Å². The van der Waals surface area contributed by atoms with Crippen LogP contribution >= 0.6 is 0 Å². The lowest BCUT2D eigenvalue weighted by atomic mass is 10.1. The molecule has 108 valence electrons. The SMILES string of the molecule is CCCn1c(-c2c(N)cccc2F)nc2ccc(F)cc21. The van der Waals surface area contributed by atoms with Crippen molar-refractivity contribution < 1.29 is 8.78 Å². The first-order valence-corrected chi connectivity index (χ1v) is 6.82. The van der Waals surface area contributed by atoms with E-state index >= 15 is 0 Å². The molecule has 0 bridgehead atoms. The van der Waals surface area contributed by atoms with Crippen LogP contribution in [0.25, 0.3) is 22.4 Å². The summed E-state index contributed by atoms with van der Waals surface area (Å²) in [6.45, 7) is 2.61. The van der Waals surface area contributed by atoms with E-state index < -0.39 is 5.82 Å². The highest BCUT2D eigenvalue weighted by Crippen LogP contribution is 2.31. The van der Waals surface area contributed by atoms with Crippen molar-refractivity contribution in [3.8, 4) is 11.4 Å². The number of halogens is 2. The molecule has 1 aromatic heterocycles. The van der Waals surface area contributed by atoms with Crippen molar-refractivity contribution >= 4 is 16.7 Å². The number of anilines is 1. The Balaban J connectivity index is 2.34. The molecule has 0 saturated carbocycles. The Morgan fingerprint density at radius 1 is 1.19 bits per heavy atom. The van der Waals surface area contributed by atoms with Crippen LogP contribution in [0.2, 0.25) is 0 Å². The Morgan fingerprint density at radius 2 is 2.00 bits per heavy atom. The third-order valence-corrected chi connectivity index (χ3v) is 3.43. The first-order valence-electron chi connectivity index (χ1n) is 6.82. The maximum Gasteiger partial charge on any atom is 0.146 e. The molecule has 0 unspecified atom stereocenters. The van der Waals surface area contributed by atoms with E-state index in [2.05, 4.69) is 4.98 Å². The molecule has 0 atom stereocenters. The molecule has 0 aliphatic carbocycles. The standard InChI is InChI=1S/C16H15F2N3/c1-2-8-21-14-9-10(17)6-7-13(14)20-16(21)15-11(18)4-3-5-12(15)19/h3-7,9H,2,8,19H2,1H3. The van der Waals surface area contributed by atoms with Gasteiger partial charge in [-0.15, -0.1) is 0 Å². The summed E-state index contributed by atoms with van der Waals surface area (Å²) in [4.78, 5) is 4.44. The molecule has 0 spiro atoms. The van der Waals surface area contributed by atoms with Gasteiger partial charge in [0.1, 0.15) is 17.5 Å². The number of nitrogens with two attached hydrogens (primary N) is 1. The lowest BCUT2D eigenvalue weighted by molar-refractivity contribution is 0.623. The van der Waals surface area contributed by atoms with Crippen molar-refractivity contribution in [2.24, 2.45) is 0 Å². The molecule has 5 heteroatoms. The van der Waals surface area contributed by atoms with Gasteiger partial charge in [0.2, 0.25) is 0 Å². The van der Waals surface area contributed by atoms with E-state index in [1.807, 2.05) is 11.5 Å². The van der Waals surface area contributed by atoms with Crippen molar-refractivity contribution in [1.82, 2.24) is 9.55 Å². The van der Waals surface area contributed by atoms with Crippen molar-refractivity contribution in [2.75, 3.05) is 5.73 Å². The van der Waals surface area contributed by atoms with Gasteiger partial charge in [-0.05, 0) is 36.8 Å². The zero-order chi connectivity index (χ0) is 15.0. The van der Waals surface area contributed by atoms with Gasteiger partial charge in [-0.3, -0.25) is 0 Å². The van der Waals surface area contributed by atoms with E-state index in [-0.39, 0.29) is 11.4 Å². The monoisotopic (exact) mass is 287 g/mol. The molecule has 21 heavy (non-hydrogen) atoms. The summed E-state index contributed by atoms with van der Waals surface area (Å²) in [6.07, 6.45) is 0.823. The first kappa shape index (κ1) is 13.5. The maximum atomic E-state index is 14.2. The van der Waals surface area contributed by atoms with Crippen LogP contribution in [0.5, 0.6) is 0 Å². The van der Waals surface area contributed by atoms with Gasteiger partial charge in [-0.25, -0.2) is 13.8 Å². The highest BCUT2D eigenvalue weighted by Gasteiger charge is 2.18. The van der Waals surface area contributed by atoms with Crippen LogP contribution in [0.15, 0.2) is 36.4 Å². The number of hydrogen-bond donors (Lipinski definition) is 1. The van der Waals surface area contributed by atoms with E-state index in [9.17, 15) is 8.78 Å². The van der Waals surface area contributed by atoms with Crippen molar-refractivity contribution in [2.45, 2.75) is 19.9 Å². The molecule has 2 aromatic carbocycles. The zero-order valence-electron chi connectivity index (χ0n) is 11.6. The lowest BCUT2D eigenvalue weighted by Crippen LogP contribution is -2.03. The van der Waals surface area contributed by atoms with Crippen LogP contribution in [-0.2, 0) is 6.54 Å². The number of imidazole rings is 1. The Hall–Kier alpha value is -2.43. The molecular weight excluding hydrogens is 272 g/mol. The number of benzene rings is 2. The Bertz CT molecular complexity index is 788. The number of aromatic nitrogens is 2. The minimum Gasteiger partial charge on any atom is -0.398 e. The van der Waals surface area contributed by atoms with Gasteiger partial charge in [-0.1, -0.05) is 13.0 Å². The van der Waals surface area contributed by atoms with Gasteiger partial charge >= 0.3 is 0 Å². The topological polar surface area (TPSA) is 43.8 Å². The third kappa shape index (κ3) is 2.24. The summed E-state index contributed by atoms with van der Waals surface area (Å²) in [5.41, 5.74) is 7.77. The second-order valence-electron chi connectivity index (χ2n) is 4.92. The largest absolute Gasteiger partial charge is 0.398 e. The smallest absolute Gasteiger partial charge is 0.146 e. The third-order valence-electron chi connectivity index (χ3n) is 3.43. The highest BCUT2D eigenvalue weighted by molar-refractivity contribution is 5.83. The van der Waals surface area contributed by atoms with Gasteiger partial charge in [0.25, 0.3) is 0 Å². The summed E-state index contributed by atoms with van der Waals surface area (Å²) in [6, 6.07) is 8.90. The van der Waals surface area contributed by atoms with Crippen LogP contribution in [0.3, 0.4) is 0 Å². The summed E-state index contributed by atoms with van der Waals surface area (Å²) >= 11 is 0.